The van der Waals surface area contributed by atoms with E-state index in [1.165, 1.54) is 24.1 Å². The first-order valence-electron chi connectivity index (χ1n) is 8.02. The van der Waals surface area contributed by atoms with Crippen LogP contribution in [0.3, 0.4) is 0 Å². The van der Waals surface area contributed by atoms with Crippen LogP contribution in [0.15, 0.2) is 23.2 Å². The van der Waals surface area contributed by atoms with Crippen LogP contribution in [-0.4, -0.2) is 51.5 Å². The first kappa shape index (κ1) is 15.3. The summed E-state index contributed by atoms with van der Waals surface area (Å²) >= 11 is 0. The topological polar surface area (TPSA) is 34.1 Å². The predicted octanol–water partition coefficient (Wildman–Crippen LogP) is 2.90. The molecule has 1 aliphatic heterocycles. The van der Waals surface area contributed by atoms with Crippen molar-refractivity contribution >= 4 is 5.71 Å². The van der Waals surface area contributed by atoms with E-state index < -0.39 is 0 Å². The van der Waals surface area contributed by atoms with Gasteiger partial charge in [0.2, 0.25) is 0 Å². The molecule has 0 spiro atoms. The number of likely N-dealkylation sites (N-methyl/N-ethyl adjacent to an activating group) is 1. The molecule has 0 aromatic heterocycles. The van der Waals surface area contributed by atoms with Crippen molar-refractivity contribution in [3.8, 4) is 11.5 Å². The smallest absolute Gasteiger partial charge is 0.161 e. The SMILES string of the molecule is C/N=C1/CCC2(c3ccc(OC)c(OC)c3)CCN(C)C2C1. The van der Waals surface area contributed by atoms with Gasteiger partial charge in [-0.3, -0.25) is 4.99 Å². The van der Waals surface area contributed by atoms with Crippen molar-refractivity contribution < 1.29 is 9.47 Å². The number of nitrogens with zero attached hydrogens (tertiary/aromatic N) is 2. The Balaban J connectivity index is 2.01. The molecular formula is C18H26N2O2. The monoisotopic (exact) mass is 302 g/mol. The summed E-state index contributed by atoms with van der Waals surface area (Å²) in [4.78, 5) is 6.97. The van der Waals surface area contributed by atoms with Crippen LogP contribution in [0, 0.1) is 0 Å². The predicted molar refractivity (Wildman–Crippen MR) is 89.5 cm³/mol. The number of hydrogen-bond donors (Lipinski definition) is 0. The zero-order chi connectivity index (χ0) is 15.7. The molecule has 22 heavy (non-hydrogen) atoms. The average molecular weight is 302 g/mol. The van der Waals surface area contributed by atoms with Crippen molar-refractivity contribution in [2.45, 2.75) is 37.1 Å². The van der Waals surface area contributed by atoms with E-state index >= 15 is 0 Å². The highest BCUT2D eigenvalue weighted by Crippen LogP contribution is 2.49. The summed E-state index contributed by atoms with van der Waals surface area (Å²) in [7, 11) is 7.56. The first-order chi connectivity index (χ1) is 10.6. The number of benzene rings is 1. The fraction of sp³-hybridized carbons (Fsp3) is 0.611. The lowest BCUT2D eigenvalue weighted by Gasteiger charge is -2.42. The van der Waals surface area contributed by atoms with Crippen LogP contribution in [0.4, 0.5) is 0 Å². The second-order valence-corrected chi connectivity index (χ2v) is 6.47. The van der Waals surface area contributed by atoms with E-state index in [2.05, 4.69) is 29.1 Å². The molecule has 1 saturated carbocycles. The number of methoxy groups -OCH3 is 2. The van der Waals surface area contributed by atoms with Gasteiger partial charge in [0.05, 0.1) is 14.2 Å². The number of hydrogen-bond acceptors (Lipinski definition) is 4. The Morgan fingerprint density at radius 1 is 1.18 bits per heavy atom. The summed E-state index contributed by atoms with van der Waals surface area (Å²) < 4.78 is 10.9. The molecule has 0 N–H and O–H groups in total. The third-order valence-electron chi connectivity index (χ3n) is 5.64. The largest absolute Gasteiger partial charge is 0.493 e. The lowest BCUT2D eigenvalue weighted by atomic mass is 9.65. The minimum absolute atomic E-state index is 0.225. The zero-order valence-electron chi connectivity index (χ0n) is 14.1. The number of fused-ring (bicyclic) bond motifs is 1. The van der Waals surface area contributed by atoms with E-state index in [0.29, 0.717) is 6.04 Å². The molecule has 2 fully saturated rings. The van der Waals surface area contributed by atoms with Gasteiger partial charge >= 0.3 is 0 Å². The third kappa shape index (κ3) is 2.30. The van der Waals surface area contributed by atoms with E-state index in [4.69, 9.17) is 9.47 Å². The molecule has 1 aliphatic carbocycles. The van der Waals surface area contributed by atoms with Gasteiger partial charge in [-0.2, -0.15) is 0 Å². The van der Waals surface area contributed by atoms with Crippen molar-refractivity contribution in [3.05, 3.63) is 23.8 Å². The number of likely N-dealkylation sites (tertiary alicyclic amines) is 1. The van der Waals surface area contributed by atoms with Gasteiger partial charge in [0.15, 0.2) is 11.5 Å². The van der Waals surface area contributed by atoms with Crippen LogP contribution < -0.4 is 9.47 Å². The van der Waals surface area contributed by atoms with Gasteiger partial charge in [-0.05, 0) is 50.6 Å². The number of ether oxygens (including phenoxy) is 2. The fourth-order valence-corrected chi connectivity index (χ4v) is 4.29. The standard InChI is InChI=1S/C18H26N2O2/c1-19-14-7-8-18(9-10-20(2)17(18)12-14)13-5-6-15(21-3)16(11-13)22-4/h5-6,11,17H,7-10,12H2,1-4H3/b19-14-. The molecule has 1 aromatic carbocycles. The van der Waals surface area contributed by atoms with Crippen LogP contribution in [0.25, 0.3) is 0 Å². The molecular weight excluding hydrogens is 276 g/mol. The lowest BCUT2D eigenvalue weighted by Crippen LogP contribution is -2.46. The minimum Gasteiger partial charge on any atom is -0.493 e. The summed E-state index contributed by atoms with van der Waals surface area (Å²) in [5, 5.41) is 0. The quantitative estimate of drug-likeness (QED) is 0.861. The van der Waals surface area contributed by atoms with Crippen molar-refractivity contribution in [1.29, 1.82) is 0 Å². The summed E-state index contributed by atoms with van der Waals surface area (Å²) in [6, 6.07) is 6.99. The zero-order valence-corrected chi connectivity index (χ0v) is 14.1. The van der Waals surface area contributed by atoms with Gasteiger partial charge in [0.1, 0.15) is 0 Å². The molecule has 4 nitrogen and oxygen atoms in total. The minimum atomic E-state index is 0.225. The van der Waals surface area contributed by atoms with Crippen molar-refractivity contribution in [2.24, 2.45) is 4.99 Å². The van der Waals surface area contributed by atoms with E-state index in [1.54, 1.807) is 14.2 Å². The molecule has 0 bridgehead atoms. The molecule has 1 heterocycles. The molecule has 4 heteroatoms. The maximum atomic E-state index is 5.52. The first-order valence-corrected chi connectivity index (χ1v) is 8.02. The lowest BCUT2D eigenvalue weighted by molar-refractivity contribution is 0.226. The Bertz CT molecular complexity index is 584. The molecule has 2 unspecified atom stereocenters. The molecule has 2 atom stereocenters. The Kier molecular flexibility index (Phi) is 4.13. The summed E-state index contributed by atoms with van der Waals surface area (Å²) in [6.45, 7) is 1.15. The van der Waals surface area contributed by atoms with Crippen LogP contribution in [0.5, 0.6) is 11.5 Å². The highest BCUT2D eigenvalue weighted by molar-refractivity contribution is 5.86. The number of aliphatic imine (C=N–C) groups is 1. The maximum absolute atomic E-state index is 5.52. The van der Waals surface area contributed by atoms with Gasteiger partial charge in [-0.1, -0.05) is 6.07 Å². The third-order valence-corrected chi connectivity index (χ3v) is 5.64. The van der Waals surface area contributed by atoms with Crippen LogP contribution in [-0.2, 0) is 5.41 Å². The van der Waals surface area contributed by atoms with Crippen molar-refractivity contribution in [3.63, 3.8) is 0 Å². The summed E-state index contributed by atoms with van der Waals surface area (Å²) in [5.74, 6) is 1.63. The van der Waals surface area contributed by atoms with Gasteiger partial charge < -0.3 is 14.4 Å². The van der Waals surface area contributed by atoms with E-state index in [-0.39, 0.29) is 5.41 Å². The van der Waals surface area contributed by atoms with E-state index in [1.807, 2.05) is 13.1 Å². The molecule has 0 radical (unpaired) electrons. The Morgan fingerprint density at radius 3 is 2.64 bits per heavy atom. The van der Waals surface area contributed by atoms with Gasteiger partial charge in [-0.25, -0.2) is 0 Å². The highest BCUT2D eigenvalue weighted by Gasteiger charge is 2.49. The second-order valence-electron chi connectivity index (χ2n) is 6.47. The Morgan fingerprint density at radius 2 is 1.95 bits per heavy atom. The molecule has 1 aromatic rings. The van der Waals surface area contributed by atoms with E-state index in [9.17, 15) is 0 Å². The summed E-state index contributed by atoms with van der Waals surface area (Å²) in [5.41, 5.74) is 2.96. The van der Waals surface area contributed by atoms with Gasteiger partial charge in [-0.15, -0.1) is 0 Å². The average Bonchev–Trinajstić information content (AvgIpc) is 2.91. The normalized spacial score (nSPS) is 30.4. The fourth-order valence-electron chi connectivity index (χ4n) is 4.29. The van der Waals surface area contributed by atoms with E-state index in [0.717, 1.165) is 30.9 Å². The van der Waals surface area contributed by atoms with Crippen LogP contribution in [0.1, 0.15) is 31.2 Å². The van der Waals surface area contributed by atoms with Crippen LogP contribution in [0.2, 0.25) is 0 Å². The van der Waals surface area contributed by atoms with Crippen LogP contribution >= 0.6 is 0 Å². The van der Waals surface area contributed by atoms with Gasteiger partial charge in [0, 0.05) is 30.6 Å². The molecule has 1 saturated heterocycles. The molecule has 0 amide bonds. The Labute approximate surface area is 133 Å². The molecule has 120 valence electrons. The number of rotatable bonds is 3. The molecule has 2 aliphatic rings. The highest BCUT2D eigenvalue weighted by atomic mass is 16.5. The maximum Gasteiger partial charge on any atom is 0.161 e. The Hall–Kier alpha value is -1.55. The summed E-state index contributed by atoms with van der Waals surface area (Å²) in [6.07, 6.45) is 4.57. The van der Waals surface area contributed by atoms with Gasteiger partial charge in [0.25, 0.3) is 0 Å². The molecule has 3 rings (SSSR count). The van der Waals surface area contributed by atoms with Crippen molar-refractivity contribution in [2.75, 3.05) is 34.9 Å². The second kappa shape index (κ2) is 5.92. The van der Waals surface area contributed by atoms with Crippen molar-refractivity contribution in [1.82, 2.24) is 4.90 Å².